The maximum absolute atomic E-state index is 13.3. The van der Waals surface area contributed by atoms with Crippen molar-refractivity contribution < 1.29 is 12.8 Å². The Hall–Kier alpha value is -1.44. The summed E-state index contributed by atoms with van der Waals surface area (Å²) in [5.41, 5.74) is 6.55. The largest absolute Gasteiger partial charge is 0.396 e. The molecule has 0 saturated carbocycles. The number of sulfonamides is 1. The van der Waals surface area contributed by atoms with Crippen LogP contribution in [0.15, 0.2) is 33.9 Å². The van der Waals surface area contributed by atoms with Crippen molar-refractivity contribution in [1.82, 2.24) is 4.31 Å². The third-order valence-corrected chi connectivity index (χ3v) is 5.65. The highest BCUT2D eigenvalue weighted by Crippen LogP contribution is 2.25. The van der Waals surface area contributed by atoms with Gasteiger partial charge in [-0.05, 0) is 47.0 Å². The smallest absolute Gasteiger partial charge is 0.243 e. The lowest BCUT2D eigenvalue weighted by Gasteiger charge is -2.18. The lowest BCUT2D eigenvalue weighted by Crippen LogP contribution is -2.27. The Bertz CT molecular complexity index is 712. The van der Waals surface area contributed by atoms with Crippen LogP contribution in [0.4, 0.5) is 10.1 Å². The maximum atomic E-state index is 13.3. The van der Waals surface area contributed by atoms with Crippen LogP contribution in [0.25, 0.3) is 0 Å². The van der Waals surface area contributed by atoms with Gasteiger partial charge in [0.1, 0.15) is 5.82 Å². The lowest BCUT2D eigenvalue weighted by atomic mass is 10.2. The fraction of sp³-hybridized carbons (Fsp3) is 0.231. The summed E-state index contributed by atoms with van der Waals surface area (Å²) in [6.45, 7) is 1.82. The molecule has 1 aromatic carbocycles. The SMILES string of the molecule is Cc1cc(F)c(N)cc1S(=O)(=O)N(C)Cc1ccsc1. The Kier molecular flexibility index (Phi) is 4.12. The van der Waals surface area contributed by atoms with Crippen LogP contribution in [0.1, 0.15) is 11.1 Å². The third-order valence-electron chi connectivity index (χ3n) is 2.97. The highest BCUT2D eigenvalue weighted by atomic mass is 32.2. The van der Waals surface area contributed by atoms with Crippen LogP contribution >= 0.6 is 11.3 Å². The highest BCUT2D eigenvalue weighted by molar-refractivity contribution is 7.89. The number of nitrogen functional groups attached to an aromatic ring is 1. The summed E-state index contributed by atoms with van der Waals surface area (Å²) < 4.78 is 39.5. The number of hydrogen-bond donors (Lipinski definition) is 1. The second-order valence-electron chi connectivity index (χ2n) is 4.53. The van der Waals surface area contributed by atoms with E-state index in [-0.39, 0.29) is 17.1 Å². The number of nitrogens with zero attached hydrogens (tertiary/aromatic N) is 1. The van der Waals surface area contributed by atoms with Crippen molar-refractivity contribution in [1.29, 1.82) is 0 Å². The fourth-order valence-electron chi connectivity index (χ4n) is 1.84. The van der Waals surface area contributed by atoms with Gasteiger partial charge in [0, 0.05) is 13.6 Å². The molecular weight excluding hydrogens is 299 g/mol. The average molecular weight is 314 g/mol. The molecule has 2 rings (SSSR count). The molecule has 0 spiro atoms. The second kappa shape index (κ2) is 5.51. The first-order valence-electron chi connectivity index (χ1n) is 5.85. The number of anilines is 1. The first kappa shape index (κ1) is 15.0. The molecule has 0 unspecified atom stereocenters. The number of benzene rings is 1. The van der Waals surface area contributed by atoms with Gasteiger partial charge in [0.25, 0.3) is 0 Å². The number of halogens is 1. The summed E-state index contributed by atoms with van der Waals surface area (Å²) in [5, 5.41) is 3.77. The van der Waals surface area contributed by atoms with E-state index in [1.165, 1.54) is 28.8 Å². The van der Waals surface area contributed by atoms with Gasteiger partial charge in [0.15, 0.2) is 0 Å². The molecule has 1 heterocycles. The molecular formula is C13H15FN2O2S2. The van der Waals surface area contributed by atoms with Crippen LogP contribution in [-0.2, 0) is 16.6 Å². The summed E-state index contributed by atoms with van der Waals surface area (Å²) in [4.78, 5) is 0.0362. The Labute approximate surface area is 121 Å². The van der Waals surface area contributed by atoms with E-state index in [0.29, 0.717) is 5.56 Å². The van der Waals surface area contributed by atoms with E-state index >= 15 is 0 Å². The monoisotopic (exact) mass is 314 g/mol. The van der Waals surface area contributed by atoms with Gasteiger partial charge in [-0.1, -0.05) is 0 Å². The molecule has 108 valence electrons. The van der Waals surface area contributed by atoms with Gasteiger partial charge in [-0.15, -0.1) is 0 Å². The lowest BCUT2D eigenvalue weighted by molar-refractivity contribution is 0.466. The van der Waals surface area contributed by atoms with Crippen LogP contribution in [0.3, 0.4) is 0 Å². The fourth-order valence-corrected chi connectivity index (χ4v) is 3.90. The Morgan fingerprint density at radius 1 is 1.40 bits per heavy atom. The Balaban J connectivity index is 2.37. The molecule has 2 N–H and O–H groups in total. The summed E-state index contributed by atoms with van der Waals surface area (Å²) in [6.07, 6.45) is 0. The van der Waals surface area contributed by atoms with Crippen molar-refractivity contribution in [2.24, 2.45) is 0 Å². The number of thiophene rings is 1. The van der Waals surface area contributed by atoms with E-state index < -0.39 is 15.8 Å². The van der Waals surface area contributed by atoms with Gasteiger partial charge >= 0.3 is 0 Å². The number of nitrogens with two attached hydrogens (primary N) is 1. The Morgan fingerprint density at radius 2 is 2.10 bits per heavy atom. The first-order chi connectivity index (χ1) is 9.32. The second-order valence-corrected chi connectivity index (χ2v) is 7.33. The van der Waals surface area contributed by atoms with Gasteiger partial charge in [-0.2, -0.15) is 15.6 Å². The molecule has 4 nitrogen and oxygen atoms in total. The molecule has 20 heavy (non-hydrogen) atoms. The maximum Gasteiger partial charge on any atom is 0.243 e. The molecule has 2 aromatic rings. The molecule has 0 amide bonds. The molecule has 0 aliphatic heterocycles. The van der Waals surface area contributed by atoms with E-state index in [1.807, 2.05) is 16.8 Å². The minimum atomic E-state index is -3.69. The van der Waals surface area contributed by atoms with Gasteiger partial charge in [0.05, 0.1) is 10.6 Å². The van der Waals surface area contributed by atoms with Crippen LogP contribution in [0, 0.1) is 12.7 Å². The predicted octanol–water partition coefficient (Wildman–Crippen LogP) is 2.60. The molecule has 1 aromatic heterocycles. The van der Waals surface area contributed by atoms with Crippen LogP contribution in [0.5, 0.6) is 0 Å². The summed E-state index contributed by atoms with van der Waals surface area (Å²) in [5.74, 6) is -0.609. The quantitative estimate of drug-likeness (QED) is 0.882. The molecule has 0 atom stereocenters. The highest BCUT2D eigenvalue weighted by Gasteiger charge is 2.24. The van der Waals surface area contributed by atoms with Crippen molar-refractivity contribution >= 4 is 27.0 Å². The first-order valence-corrected chi connectivity index (χ1v) is 8.23. The van der Waals surface area contributed by atoms with Crippen molar-refractivity contribution in [3.8, 4) is 0 Å². The van der Waals surface area contributed by atoms with E-state index in [4.69, 9.17) is 5.73 Å². The molecule has 0 aliphatic rings. The van der Waals surface area contributed by atoms with Crippen molar-refractivity contribution in [3.05, 3.63) is 45.9 Å². The van der Waals surface area contributed by atoms with Gasteiger partial charge in [0.2, 0.25) is 10.0 Å². The topological polar surface area (TPSA) is 63.4 Å². The molecule has 0 radical (unpaired) electrons. The summed E-state index contributed by atoms with van der Waals surface area (Å²) in [7, 11) is -2.20. The molecule has 0 bridgehead atoms. The molecule has 0 saturated heterocycles. The number of hydrogen-bond acceptors (Lipinski definition) is 4. The molecule has 0 fully saturated rings. The van der Waals surface area contributed by atoms with Gasteiger partial charge < -0.3 is 5.73 Å². The molecule has 0 aliphatic carbocycles. The average Bonchev–Trinajstić information content (AvgIpc) is 2.86. The van der Waals surface area contributed by atoms with Crippen molar-refractivity contribution in [2.75, 3.05) is 12.8 Å². The van der Waals surface area contributed by atoms with Gasteiger partial charge in [-0.25, -0.2) is 12.8 Å². The van der Waals surface area contributed by atoms with Gasteiger partial charge in [-0.3, -0.25) is 0 Å². The van der Waals surface area contributed by atoms with Crippen LogP contribution in [-0.4, -0.2) is 19.8 Å². The van der Waals surface area contributed by atoms with E-state index in [9.17, 15) is 12.8 Å². The third kappa shape index (κ3) is 2.84. The standard InChI is InChI=1S/C13H15FN2O2S2/c1-9-5-11(14)12(15)6-13(9)20(17,18)16(2)7-10-3-4-19-8-10/h3-6,8H,7,15H2,1-2H3. The van der Waals surface area contributed by atoms with Crippen LogP contribution in [0.2, 0.25) is 0 Å². The number of rotatable bonds is 4. The minimum Gasteiger partial charge on any atom is -0.396 e. The summed E-state index contributed by atoms with van der Waals surface area (Å²) in [6, 6.07) is 4.17. The van der Waals surface area contributed by atoms with Crippen molar-refractivity contribution in [3.63, 3.8) is 0 Å². The Morgan fingerprint density at radius 3 is 2.70 bits per heavy atom. The number of aryl methyl sites for hydroxylation is 1. The zero-order valence-corrected chi connectivity index (χ0v) is 12.8. The minimum absolute atomic E-state index is 0.0362. The van der Waals surface area contributed by atoms with Crippen molar-refractivity contribution in [2.45, 2.75) is 18.4 Å². The zero-order valence-electron chi connectivity index (χ0n) is 11.1. The van der Waals surface area contributed by atoms with E-state index in [1.54, 1.807) is 6.92 Å². The van der Waals surface area contributed by atoms with Crippen LogP contribution < -0.4 is 5.73 Å². The predicted molar refractivity (Wildman–Crippen MR) is 78.5 cm³/mol. The van der Waals surface area contributed by atoms with E-state index in [0.717, 1.165) is 11.6 Å². The normalized spacial score (nSPS) is 12.0. The summed E-state index contributed by atoms with van der Waals surface area (Å²) >= 11 is 1.50. The molecule has 7 heteroatoms. The zero-order chi connectivity index (χ0) is 14.9. The van der Waals surface area contributed by atoms with E-state index in [2.05, 4.69) is 0 Å².